The summed E-state index contributed by atoms with van der Waals surface area (Å²) in [5.41, 5.74) is 3.20. The van der Waals surface area contributed by atoms with Gasteiger partial charge in [0.15, 0.2) is 0 Å². The van der Waals surface area contributed by atoms with Crippen LogP contribution in [0.15, 0.2) is 65.8 Å². The molecule has 0 amide bonds. The highest BCUT2D eigenvalue weighted by atomic mass is 35.5. The maximum absolute atomic E-state index is 11.6. The summed E-state index contributed by atoms with van der Waals surface area (Å²) in [6.07, 6.45) is 0. The van der Waals surface area contributed by atoms with Gasteiger partial charge in [0.05, 0.1) is 18.9 Å². The van der Waals surface area contributed by atoms with Crippen molar-refractivity contribution in [3.8, 4) is 0 Å². The lowest BCUT2D eigenvalue weighted by molar-refractivity contribution is 0.0641. The van der Waals surface area contributed by atoms with Crippen molar-refractivity contribution in [3.63, 3.8) is 0 Å². The van der Waals surface area contributed by atoms with Gasteiger partial charge in [-0.3, -0.25) is 0 Å². The number of nitroso groups, excluding NO2 is 1. The Morgan fingerprint density at radius 2 is 1.39 bits per heavy atom. The molecule has 1 heterocycles. The van der Waals surface area contributed by atoms with E-state index in [1.165, 1.54) is 0 Å². The third-order valence-corrected chi connectivity index (χ3v) is 3.74. The number of ether oxygens (including phenoxy) is 1. The average molecular weight is 331 g/mol. The molecule has 0 spiro atoms. The molecule has 2 aromatic carbocycles. The lowest BCUT2D eigenvalue weighted by atomic mass is 10.0. The molecule has 23 heavy (non-hydrogen) atoms. The van der Waals surface area contributed by atoms with Crippen LogP contribution in [0.3, 0.4) is 0 Å². The van der Waals surface area contributed by atoms with Gasteiger partial charge < -0.3 is 9.64 Å². The van der Waals surface area contributed by atoms with Crippen LogP contribution in [-0.4, -0.2) is 31.2 Å². The normalized spacial score (nSPS) is 15.4. The van der Waals surface area contributed by atoms with E-state index in [1.54, 1.807) is 0 Å². The van der Waals surface area contributed by atoms with Crippen LogP contribution in [0.1, 0.15) is 11.1 Å². The zero-order valence-corrected chi connectivity index (χ0v) is 13.5. The molecule has 1 saturated heterocycles. The first-order valence-corrected chi connectivity index (χ1v) is 7.41. The van der Waals surface area contributed by atoms with Crippen molar-refractivity contribution in [2.75, 3.05) is 26.3 Å². The van der Waals surface area contributed by atoms with Crippen molar-refractivity contribution in [1.29, 1.82) is 0 Å². The highest BCUT2D eigenvalue weighted by molar-refractivity contribution is 5.89. The summed E-state index contributed by atoms with van der Waals surface area (Å²) in [6.45, 7) is 2.85. The topological polar surface area (TPSA) is 41.9 Å². The summed E-state index contributed by atoms with van der Waals surface area (Å²) >= 11 is 0. The van der Waals surface area contributed by atoms with Crippen LogP contribution in [-0.2, 0) is 4.74 Å². The summed E-state index contributed by atoms with van der Waals surface area (Å²) < 4.78 is 5.43. The van der Waals surface area contributed by atoms with Crippen LogP contribution in [0.2, 0.25) is 0 Å². The highest BCUT2D eigenvalue weighted by Gasteiger charge is 2.21. The van der Waals surface area contributed by atoms with Gasteiger partial charge in [-0.05, 0) is 5.18 Å². The Kier molecular flexibility index (Phi) is 6.32. The van der Waals surface area contributed by atoms with Crippen molar-refractivity contribution in [2.45, 2.75) is 0 Å². The molecule has 4 nitrogen and oxygen atoms in total. The minimum atomic E-state index is 0. The van der Waals surface area contributed by atoms with Crippen LogP contribution in [0.4, 0.5) is 0 Å². The van der Waals surface area contributed by atoms with Gasteiger partial charge in [-0.15, -0.1) is 17.3 Å². The molecule has 0 unspecified atom stereocenters. The third-order valence-electron chi connectivity index (χ3n) is 3.74. The van der Waals surface area contributed by atoms with E-state index in [0.29, 0.717) is 18.9 Å². The Hall–Kier alpha value is -2.17. The number of morpholine rings is 1. The predicted molar refractivity (Wildman–Crippen MR) is 95.1 cm³/mol. The molecule has 0 saturated carbocycles. The second-order valence-corrected chi connectivity index (χ2v) is 5.12. The Bertz CT molecular complexity index is 653. The van der Waals surface area contributed by atoms with Crippen molar-refractivity contribution in [3.05, 3.63) is 76.7 Å². The fourth-order valence-corrected chi connectivity index (χ4v) is 2.68. The molecule has 3 rings (SSSR count). The van der Waals surface area contributed by atoms with Gasteiger partial charge in [-0.1, -0.05) is 60.7 Å². The largest absolute Gasteiger partial charge is 0.378 e. The number of benzene rings is 2. The van der Waals surface area contributed by atoms with Gasteiger partial charge in [0, 0.05) is 24.2 Å². The van der Waals surface area contributed by atoms with E-state index in [-0.39, 0.29) is 12.4 Å². The second kappa shape index (κ2) is 8.46. The summed E-state index contributed by atoms with van der Waals surface area (Å²) in [7, 11) is 0. The lowest BCUT2D eigenvalue weighted by Crippen LogP contribution is -2.35. The smallest absolute Gasteiger partial charge is 0.139 e. The minimum absolute atomic E-state index is 0. The highest BCUT2D eigenvalue weighted by Crippen LogP contribution is 2.30. The molecule has 120 valence electrons. The van der Waals surface area contributed by atoms with Crippen molar-refractivity contribution < 1.29 is 4.74 Å². The van der Waals surface area contributed by atoms with E-state index < -0.39 is 0 Å². The molecule has 1 aliphatic rings. The van der Waals surface area contributed by atoms with Gasteiger partial charge in [-0.25, -0.2) is 0 Å². The maximum atomic E-state index is 11.6. The third kappa shape index (κ3) is 3.97. The maximum Gasteiger partial charge on any atom is 0.139 e. The van der Waals surface area contributed by atoms with E-state index in [0.717, 1.165) is 29.9 Å². The molecule has 0 bridgehead atoms. The summed E-state index contributed by atoms with van der Waals surface area (Å²) in [5.74, 6) is 0. The van der Waals surface area contributed by atoms with E-state index in [2.05, 4.69) is 10.1 Å². The fourth-order valence-electron chi connectivity index (χ4n) is 2.68. The zero-order chi connectivity index (χ0) is 15.2. The van der Waals surface area contributed by atoms with Gasteiger partial charge in [0.1, 0.15) is 5.70 Å². The van der Waals surface area contributed by atoms with Crippen molar-refractivity contribution in [1.82, 2.24) is 4.90 Å². The first-order chi connectivity index (χ1) is 10.9. The molecule has 0 aliphatic carbocycles. The van der Waals surface area contributed by atoms with Crippen LogP contribution in [0.25, 0.3) is 11.4 Å². The molecule has 1 fully saturated rings. The molecular weight excluding hydrogens is 312 g/mol. The van der Waals surface area contributed by atoms with Gasteiger partial charge >= 0.3 is 0 Å². The van der Waals surface area contributed by atoms with Crippen LogP contribution >= 0.6 is 12.4 Å². The number of halogens is 1. The molecule has 0 aromatic heterocycles. The molecule has 0 atom stereocenters. The van der Waals surface area contributed by atoms with E-state index in [9.17, 15) is 4.91 Å². The molecular formula is C18H19ClN2O2. The number of hydrogen-bond acceptors (Lipinski definition) is 4. The average Bonchev–Trinajstić information content (AvgIpc) is 2.62. The zero-order valence-electron chi connectivity index (χ0n) is 12.7. The van der Waals surface area contributed by atoms with E-state index in [1.807, 2.05) is 60.7 Å². The van der Waals surface area contributed by atoms with E-state index >= 15 is 0 Å². The monoisotopic (exact) mass is 330 g/mol. The molecule has 2 aromatic rings. The van der Waals surface area contributed by atoms with Crippen LogP contribution in [0.5, 0.6) is 0 Å². The first kappa shape index (κ1) is 17.2. The Labute approximate surface area is 142 Å². The van der Waals surface area contributed by atoms with Crippen molar-refractivity contribution >= 4 is 23.8 Å². The number of rotatable bonds is 4. The predicted octanol–water partition coefficient (Wildman–Crippen LogP) is 4.03. The van der Waals surface area contributed by atoms with Gasteiger partial charge in [-0.2, -0.15) is 0 Å². The summed E-state index contributed by atoms with van der Waals surface area (Å²) in [6, 6.07) is 19.6. The number of hydrogen-bond donors (Lipinski definition) is 0. The van der Waals surface area contributed by atoms with Crippen molar-refractivity contribution in [2.24, 2.45) is 5.18 Å². The Morgan fingerprint density at radius 3 is 1.91 bits per heavy atom. The number of nitrogens with zero attached hydrogens (tertiary/aromatic N) is 2. The van der Waals surface area contributed by atoms with Gasteiger partial charge in [0.25, 0.3) is 0 Å². The molecule has 0 N–H and O–H groups in total. The molecule has 0 radical (unpaired) electrons. The fraction of sp³-hybridized carbons (Fsp3) is 0.222. The summed E-state index contributed by atoms with van der Waals surface area (Å²) in [5, 5.41) is 3.36. The Morgan fingerprint density at radius 1 is 0.870 bits per heavy atom. The van der Waals surface area contributed by atoms with Gasteiger partial charge in [0.2, 0.25) is 0 Å². The quantitative estimate of drug-likeness (QED) is 0.627. The Balaban J connectivity index is 0.00000192. The second-order valence-electron chi connectivity index (χ2n) is 5.12. The lowest BCUT2D eigenvalue weighted by Gasteiger charge is -2.32. The molecule has 5 heteroatoms. The minimum Gasteiger partial charge on any atom is -0.378 e. The van der Waals surface area contributed by atoms with Crippen LogP contribution < -0.4 is 0 Å². The SMILES string of the molecule is Cl.O=N/C(=C(\c1ccccc1)N1CCOCC1)c1ccccc1. The summed E-state index contributed by atoms with van der Waals surface area (Å²) in [4.78, 5) is 13.8. The standard InChI is InChI=1S/C18H18N2O2.ClH/c21-19-17(15-7-3-1-4-8-15)18(16-9-5-2-6-10-16)20-11-13-22-14-12-20;/h1-10H,11-14H2;1H/b18-17+;. The van der Waals surface area contributed by atoms with Crippen LogP contribution in [0, 0.1) is 4.91 Å². The van der Waals surface area contributed by atoms with E-state index in [4.69, 9.17) is 4.74 Å². The molecule has 1 aliphatic heterocycles. The first-order valence-electron chi connectivity index (χ1n) is 7.41.